The minimum atomic E-state index is 0.195. The van der Waals surface area contributed by atoms with Gasteiger partial charge in [-0.05, 0) is 37.0 Å². The first-order valence-electron chi connectivity index (χ1n) is 9.56. The van der Waals surface area contributed by atoms with E-state index < -0.39 is 0 Å². The molecule has 2 amide bonds. The van der Waals surface area contributed by atoms with E-state index >= 15 is 0 Å². The van der Waals surface area contributed by atoms with E-state index in [2.05, 4.69) is 4.90 Å². The summed E-state index contributed by atoms with van der Waals surface area (Å²) >= 11 is 0. The minimum absolute atomic E-state index is 0.195. The van der Waals surface area contributed by atoms with Gasteiger partial charge in [-0.15, -0.1) is 0 Å². The quantitative estimate of drug-likeness (QED) is 0.747. The van der Waals surface area contributed by atoms with Crippen LogP contribution >= 0.6 is 0 Å². The fourth-order valence-electron chi connectivity index (χ4n) is 4.69. The molecular weight excluding hydrogens is 306 g/mol. The highest BCUT2D eigenvalue weighted by Crippen LogP contribution is 2.56. The molecule has 2 saturated carbocycles. The molecule has 3 unspecified atom stereocenters. The number of rotatable bonds is 4. The SMILES string of the molecule is O=C(CC1CCC2CC12)N1CCN(C(=O)CN2CCOCC2)CC1. The van der Waals surface area contributed by atoms with Crippen molar-refractivity contribution in [2.75, 3.05) is 59.0 Å². The molecule has 4 fully saturated rings. The molecule has 2 saturated heterocycles. The van der Waals surface area contributed by atoms with Crippen LogP contribution in [-0.4, -0.2) is 85.5 Å². The highest BCUT2D eigenvalue weighted by atomic mass is 16.5. The largest absolute Gasteiger partial charge is 0.379 e. The molecule has 2 heterocycles. The minimum Gasteiger partial charge on any atom is -0.379 e. The van der Waals surface area contributed by atoms with Crippen molar-refractivity contribution in [3.8, 4) is 0 Å². The van der Waals surface area contributed by atoms with E-state index in [4.69, 9.17) is 4.74 Å². The van der Waals surface area contributed by atoms with Crippen molar-refractivity contribution in [2.24, 2.45) is 17.8 Å². The number of morpholine rings is 1. The zero-order valence-corrected chi connectivity index (χ0v) is 14.5. The second kappa shape index (κ2) is 7.00. The summed E-state index contributed by atoms with van der Waals surface area (Å²) in [5.41, 5.74) is 0. The molecule has 4 aliphatic rings. The molecule has 0 aromatic rings. The number of carbonyl (C=O) groups excluding carboxylic acids is 2. The van der Waals surface area contributed by atoms with Gasteiger partial charge in [-0.1, -0.05) is 0 Å². The summed E-state index contributed by atoms with van der Waals surface area (Å²) in [6.45, 7) is 6.39. The van der Waals surface area contributed by atoms with Crippen molar-refractivity contribution in [3.05, 3.63) is 0 Å². The molecular formula is C18H29N3O3. The van der Waals surface area contributed by atoms with E-state index in [0.29, 0.717) is 44.5 Å². The summed E-state index contributed by atoms with van der Waals surface area (Å²) in [5, 5.41) is 0. The Morgan fingerprint density at radius 1 is 0.875 bits per heavy atom. The molecule has 0 N–H and O–H groups in total. The number of fused-ring (bicyclic) bond motifs is 1. The van der Waals surface area contributed by atoms with Crippen molar-refractivity contribution >= 4 is 11.8 Å². The van der Waals surface area contributed by atoms with Gasteiger partial charge in [-0.2, -0.15) is 0 Å². The van der Waals surface area contributed by atoms with Gasteiger partial charge in [0.1, 0.15) is 0 Å². The van der Waals surface area contributed by atoms with Crippen LogP contribution in [0.5, 0.6) is 0 Å². The van der Waals surface area contributed by atoms with Crippen LogP contribution in [0.3, 0.4) is 0 Å². The number of ether oxygens (including phenoxy) is 1. The Morgan fingerprint density at radius 2 is 1.54 bits per heavy atom. The zero-order chi connectivity index (χ0) is 16.5. The highest BCUT2D eigenvalue weighted by Gasteiger charge is 2.48. The van der Waals surface area contributed by atoms with Crippen molar-refractivity contribution in [3.63, 3.8) is 0 Å². The number of carbonyl (C=O) groups is 2. The summed E-state index contributed by atoms with van der Waals surface area (Å²) in [6.07, 6.45) is 4.69. The van der Waals surface area contributed by atoms with Crippen LogP contribution in [0.2, 0.25) is 0 Å². The van der Waals surface area contributed by atoms with E-state index in [0.717, 1.165) is 44.6 Å². The Kier molecular flexibility index (Phi) is 4.77. The van der Waals surface area contributed by atoms with Gasteiger partial charge in [0.25, 0.3) is 0 Å². The van der Waals surface area contributed by atoms with E-state index in [9.17, 15) is 9.59 Å². The molecule has 2 aliphatic heterocycles. The molecule has 4 rings (SSSR count). The smallest absolute Gasteiger partial charge is 0.236 e. The lowest BCUT2D eigenvalue weighted by Gasteiger charge is -2.36. The average molecular weight is 335 g/mol. The number of piperazine rings is 1. The maximum atomic E-state index is 12.5. The fourth-order valence-corrected chi connectivity index (χ4v) is 4.69. The van der Waals surface area contributed by atoms with Crippen LogP contribution < -0.4 is 0 Å². The highest BCUT2D eigenvalue weighted by molar-refractivity contribution is 5.80. The molecule has 24 heavy (non-hydrogen) atoms. The maximum Gasteiger partial charge on any atom is 0.236 e. The van der Waals surface area contributed by atoms with Crippen LogP contribution in [0.1, 0.15) is 25.7 Å². The number of nitrogens with zero attached hydrogens (tertiary/aromatic N) is 3. The van der Waals surface area contributed by atoms with E-state index in [1.165, 1.54) is 19.3 Å². The van der Waals surface area contributed by atoms with Crippen molar-refractivity contribution in [1.82, 2.24) is 14.7 Å². The summed E-state index contributed by atoms with van der Waals surface area (Å²) in [5.74, 6) is 2.94. The van der Waals surface area contributed by atoms with Gasteiger partial charge < -0.3 is 14.5 Å². The lowest BCUT2D eigenvalue weighted by atomic mass is 9.98. The third-order valence-corrected chi connectivity index (χ3v) is 6.38. The van der Waals surface area contributed by atoms with E-state index in [1.807, 2.05) is 9.80 Å². The predicted molar refractivity (Wildman–Crippen MR) is 89.4 cm³/mol. The molecule has 3 atom stereocenters. The molecule has 2 aliphatic carbocycles. The lowest BCUT2D eigenvalue weighted by Crippen LogP contribution is -2.53. The van der Waals surface area contributed by atoms with Gasteiger partial charge in [0.15, 0.2) is 0 Å². The summed E-state index contributed by atoms with van der Waals surface area (Å²) in [4.78, 5) is 31.0. The van der Waals surface area contributed by atoms with Crippen LogP contribution in [-0.2, 0) is 14.3 Å². The molecule has 0 aromatic heterocycles. The molecule has 6 nitrogen and oxygen atoms in total. The number of hydrogen-bond donors (Lipinski definition) is 0. The van der Waals surface area contributed by atoms with Crippen molar-refractivity contribution in [1.29, 1.82) is 0 Å². The van der Waals surface area contributed by atoms with Gasteiger partial charge in [0, 0.05) is 45.7 Å². The molecule has 6 heteroatoms. The Bertz CT molecular complexity index is 484. The third-order valence-electron chi connectivity index (χ3n) is 6.38. The Morgan fingerprint density at radius 3 is 2.12 bits per heavy atom. The molecule has 0 bridgehead atoms. The molecule has 134 valence electrons. The fraction of sp³-hybridized carbons (Fsp3) is 0.889. The first-order valence-corrected chi connectivity index (χ1v) is 9.56. The van der Waals surface area contributed by atoms with E-state index in [-0.39, 0.29) is 5.91 Å². The van der Waals surface area contributed by atoms with Crippen molar-refractivity contribution < 1.29 is 14.3 Å². The van der Waals surface area contributed by atoms with Gasteiger partial charge in [-0.25, -0.2) is 0 Å². The molecule has 0 radical (unpaired) electrons. The monoisotopic (exact) mass is 335 g/mol. The summed E-state index contributed by atoms with van der Waals surface area (Å²) < 4.78 is 5.32. The third kappa shape index (κ3) is 3.59. The summed E-state index contributed by atoms with van der Waals surface area (Å²) in [6, 6.07) is 0. The van der Waals surface area contributed by atoms with Gasteiger partial charge >= 0.3 is 0 Å². The van der Waals surface area contributed by atoms with Crippen molar-refractivity contribution in [2.45, 2.75) is 25.7 Å². The average Bonchev–Trinajstić information content (AvgIpc) is 3.30. The first-order chi connectivity index (χ1) is 11.7. The normalized spacial score (nSPS) is 33.4. The van der Waals surface area contributed by atoms with E-state index in [1.54, 1.807) is 0 Å². The first kappa shape index (κ1) is 16.3. The summed E-state index contributed by atoms with van der Waals surface area (Å²) in [7, 11) is 0. The van der Waals surface area contributed by atoms with Gasteiger partial charge in [0.2, 0.25) is 11.8 Å². The zero-order valence-electron chi connectivity index (χ0n) is 14.5. The van der Waals surface area contributed by atoms with Gasteiger partial charge in [0.05, 0.1) is 19.8 Å². The lowest BCUT2D eigenvalue weighted by molar-refractivity contribution is -0.141. The topological polar surface area (TPSA) is 53.1 Å². The Hall–Kier alpha value is -1.14. The second-order valence-electron chi connectivity index (χ2n) is 7.85. The Labute approximate surface area is 144 Å². The second-order valence-corrected chi connectivity index (χ2v) is 7.85. The number of amides is 2. The molecule has 0 spiro atoms. The van der Waals surface area contributed by atoms with Crippen LogP contribution in [0, 0.1) is 17.8 Å². The number of hydrogen-bond acceptors (Lipinski definition) is 4. The standard InChI is InChI=1S/C18H29N3O3/c22-17(12-15-2-1-14-11-16(14)15)20-3-5-21(6-4-20)18(23)13-19-7-9-24-10-8-19/h14-16H,1-13H2. The maximum absolute atomic E-state index is 12.5. The van der Waals surface area contributed by atoms with Crippen LogP contribution in [0.4, 0.5) is 0 Å². The predicted octanol–water partition coefficient (Wildman–Crippen LogP) is 0.426. The van der Waals surface area contributed by atoms with Gasteiger partial charge in [-0.3, -0.25) is 14.5 Å². The van der Waals surface area contributed by atoms with Crippen LogP contribution in [0.15, 0.2) is 0 Å². The van der Waals surface area contributed by atoms with Crippen LogP contribution in [0.25, 0.3) is 0 Å². The Balaban J connectivity index is 1.19. The molecule has 0 aromatic carbocycles.